The Morgan fingerprint density at radius 2 is 1.91 bits per heavy atom. The Morgan fingerprint density at radius 3 is 2.68 bits per heavy atom. The number of hydrogen-bond donors (Lipinski definition) is 0. The van der Waals surface area contributed by atoms with E-state index in [1.54, 1.807) is 14.2 Å². The number of ether oxygens (including phenoxy) is 2. The summed E-state index contributed by atoms with van der Waals surface area (Å²) < 4.78 is 11.2. The maximum absolute atomic E-state index is 5.71. The second kappa shape index (κ2) is 5.03. The van der Waals surface area contributed by atoms with Crippen LogP contribution in [0.1, 0.15) is 22.7 Å². The molecule has 0 saturated heterocycles. The molecule has 3 heteroatoms. The second-order valence-electron chi connectivity index (χ2n) is 6.16. The van der Waals surface area contributed by atoms with Crippen LogP contribution >= 0.6 is 0 Å². The lowest BCUT2D eigenvalue weighted by Crippen LogP contribution is -2.35. The van der Waals surface area contributed by atoms with Gasteiger partial charge in [-0.3, -0.25) is 4.90 Å². The van der Waals surface area contributed by atoms with Gasteiger partial charge in [-0.15, -0.1) is 0 Å². The Hall–Kier alpha value is -2.00. The molecule has 4 rings (SSSR count). The Bertz CT molecular complexity index is 738. The summed E-state index contributed by atoms with van der Waals surface area (Å²) in [5.74, 6) is 1.67. The molecule has 0 radical (unpaired) electrons. The van der Waals surface area contributed by atoms with E-state index >= 15 is 0 Å². The number of rotatable bonds is 2. The fraction of sp³-hybridized carbons (Fsp3) is 0.368. The van der Waals surface area contributed by atoms with Crippen LogP contribution in [0, 0.1) is 0 Å². The molecule has 0 bridgehead atoms. The molecule has 114 valence electrons. The van der Waals surface area contributed by atoms with Gasteiger partial charge < -0.3 is 9.47 Å². The number of fused-ring (bicyclic) bond motifs is 2. The molecule has 0 saturated carbocycles. The summed E-state index contributed by atoms with van der Waals surface area (Å²) in [4.78, 5) is 2.48. The van der Waals surface area contributed by atoms with Gasteiger partial charge in [0.15, 0.2) is 11.5 Å². The smallest absolute Gasteiger partial charge is 0.168 e. The summed E-state index contributed by atoms with van der Waals surface area (Å²) in [6, 6.07) is 11.4. The zero-order valence-corrected chi connectivity index (χ0v) is 13.3. The van der Waals surface area contributed by atoms with Crippen molar-refractivity contribution in [2.75, 3.05) is 27.8 Å². The van der Waals surface area contributed by atoms with Gasteiger partial charge in [0.2, 0.25) is 0 Å². The maximum atomic E-state index is 5.71. The van der Waals surface area contributed by atoms with Gasteiger partial charge in [0.1, 0.15) is 0 Å². The van der Waals surface area contributed by atoms with Crippen LogP contribution in [0.3, 0.4) is 0 Å². The highest BCUT2D eigenvalue weighted by molar-refractivity contribution is 5.82. The number of likely N-dealkylation sites (N-methyl/N-ethyl adjacent to an activating group) is 1. The van der Waals surface area contributed by atoms with E-state index in [2.05, 4.69) is 36.2 Å². The third-order valence-corrected chi connectivity index (χ3v) is 5.11. The molecule has 1 aliphatic carbocycles. The van der Waals surface area contributed by atoms with Crippen LogP contribution in [-0.4, -0.2) is 32.7 Å². The van der Waals surface area contributed by atoms with Crippen LogP contribution in [0.4, 0.5) is 0 Å². The van der Waals surface area contributed by atoms with Gasteiger partial charge in [-0.2, -0.15) is 0 Å². The standard InChI is InChI=1S/C19H21NO2/c1-20-10-9-12-5-4-6-14-17(12)15(20)11-13-7-8-16(21-2)19(22-3)18(13)14/h4-8,15H,9-11H2,1-3H3. The first-order valence-corrected chi connectivity index (χ1v) is 7.81. The number of benzene rings is 2. The maximum Gasteiger partial charge on any atom is 0.168 e. The van der Waals surface area contributed by atoms with E-state index in [-0.39, 0.29) is 0 Å². The molecule has 2 aliphatic rings. The van der Waals surface area contributed by atoms with Crippen LogP contribution in [0.15, 0.2) is 30.3 Å². The van der Waals surface area contributed by atoms with Gasteiger partial charge in [0.25, 0.3) is 0 Å². The summed E-state index contributed by atoms with van der Waals surface area (Å²) in [5.41, 5.74) is 6.84. The van der Waals surface area contributed by atoms with E-state index in [0.29, 0.717) is 6.04 Å². The average molecular weight is 295 g/mol. The summed E-state index contributed by atoms with van der Waals surface area (Å²) in [6.45, 7) is 1.13. The van der Waals surface area contributed by atoms with Gasteiger partial charge in [-0.05, 0) is 48.2 Å². The summed E-state index contributed by atoms with van der Waals surface area (Å²) in [7, 11) is 5.66. The van der Waals surface area contributed by atoms with Crippen LogP contribution in [-0.2, 0) is 12.8 Å². The molecule has 2 aromatic rings. The Labute approximate surface area is 131 Å². The number of hydrogen-bond acceptors (Lipinski definition) is 3. The molecule has 0 spiro atoms. The van der Waals surface area contributed by atoms with E-state index in [4.69, 9.17) is 9.47 Å². The number of methoxy groups -OCH3 is 2. The third kappa shape index (κ3) is 1.78. The van der Waals surface area contributed by atoms with E-state index in [1.807, 2.05) is 6.07 Å². The quantitative estimate of drug-likeness (QED) is 0.847. The highest BCUT2D eigenvalue weighted by Gasteiger charge is 2.34. The molecule has 0 N–H and O–H groups in total. The predicted molar refractivity (Wildman–Crippen MR) is 87.8 cm³/mol. The molecule has 0 amide bonds. The molecule has 1 unspecified atom stereocenters. The zero-order chi connectivity index (χ0) is 15.3. The van der Waals surface area contributed by atoms with Gasteiger partial charge >= 0.3 is 0 Å². The number of nitrogens with zero attached hydrogens (tertiary/aromatic N) is 1. The molecule has 3 nitrogen and oxygen atoms in total. The second-order valence-corrected chi connectivity index (χ2v) is 6.16. The van der Waals surface area contributed by atoms with E-state index in [9.17, 15) is 0 Å². The first-order chi connectivity index (χ1) is 10.7. The minimum absolute atomic E-state index is 0.477. The van der Waals surface area contributed by atoms with Crippen molar-refractivity contribution in [3.05, 3.63) is 47.0 Å². The van der Waals surface area contributed by atoms with Crippen molar-refractivity contribution in [3.8, 4) is 22.6 Å². The molecular weight excluding hydrogens is 274 g/mol. The van der Waals surface area contributed by atoms with E-state index in [1.165, 1.54) is 27.8 Å². The highest BCUT2D eigenvalue weighted by atomic mass is 16.5. The van der Waals surface area contributed by atoms with Crippen LogP contribution in [0.5, 0.6) is 11.5 Å². The van der Waals surface area contributed by atoms with Crippen LogP contribution in [0.2, 0.25) is 0 Å². The van der Waals surface area contributed by atoms with Crippen molar-refractivity contribution in [1.29, 1.82) is 0 Å². The van der Waals surface area contributed by atoms with Crippen LogP contribution < -0.4 is 9.47 Å². The van der Waals surface area contributed by atoms with Crippen molar-refractivity contribution >= 4 is 0 Å². The van der Waals surface area contributed by atoms with Crippen LogP contribution in [0.25, 0.3) is 11.1 Å². The minimum atomic E-state index is 0.477. The Kier molecular flexibility index (Phi) is 3.12. The average Bonchev–Trinajstić information content (AvgIpc) is 2.56. The molecule has 1 atom stereocenters. The zero-order valence-electron chi connectivity index (χ0n) is 13.3. The van der Waals surface area contributed by atoms with Gasteiger partial charge in [0, 0.05) is 18.2 Å². The predicted octanol–water partition coefficient (Wildman–Crippen LogP) is 3.46. The lowest BCUT2D eigenvalue weighted by Gasteiger charge is -2.40. The monoisotopic (exact) mass is 295 g/mol. The lowest BCUT2D eigenvalue weighted by molar-refractivity contribution is 0.228. The first-order valence-electron chi connectivity index (χ1n) is 7.81. The van der Waals surface area contributed by atoms with Crippen molar-refractivity contribution in [3.63, 3.8) is 0 Å². The molecule has 22 heavy (non-hydrogen) atoms. The minimum Gasteiger partial charge on any atom is -0.493 e. The first kappa shape index (κ1) is 13.6. The fourth-order valence-corrected chi connectivity index (χ4v) is 4.01. The topological polar surface area (TPSA) is 21.7 Å². The Morgan fingerprint density at radius 1 is 1.05 bits per heavy atom. The van der Waals surface area contributed by atoms with E-state index < -0.39 is 0 Å². The van der Waals surface area contributed by atoms with Crippen molar-refractivity contribution in [2.45, 2.75) is 18.9 Å². The fourth-order valence-electron chi connectivity index (χ4n) is 4.01. The Balaban J connectivity index is 2.02. The van der Waals surface area contributed by atoms with Crippen molar-refractivity contribution in [2.24, 2.45) is 0 Å². The summed E-state index contributed by atoms with van der Waals surface area (Å²) >= 11 is 0. The molecule has 1 heterocycles. The van der Waals surface area contributed by atoms with E-state index in [0.717, 1.165) is 30.9 Å². The molecule has 2 aromatic carbocycles. The SMILES string of the molecule is COc1ccc2c(c1OC)-c1cccc3c1C(C2)N(C)CC3. The van der Waals surface area contributed by atoms with Crippen molar-refractivity contribution < 1.29 is 9.47 Å². The lowest BCUT2D eigenvalue weighted by atomic mass is 9.77. The highest BCUT2D eigenvalue weighted by Crippen LogP contribution is 2.50. The largest absolute Gasteiger partial charge is 0.493 e. The summed E-state index contributed by atoms with van der Waals surface area (Å²) in [6.07, 6.45) is 2.16. The molecular formula is C19H21NO2. The van der Waals surface area contributed by atoms with Crippen molar-refractivity contribution in [1.82, 2.24) is 4.90 Å². The van der Waals surface area contributed by atoms with Gasteiger partial charge in [-0.1, -0.05) is 24.3 Å². The van der Waals surface area contributed by atoms with Gasteiger partial charge in [-0.25, -0.2) is 0 Å². The molecule has 0 aromatic heterocycles. The normalized spacial score (nSPS) is 19.3. The third-order valence-electron chi connectivity index (χ3n) is 5.11. The van der Waals surface area contributed by atoms with Gasteiger partial charge in [0.05, 0.1) is 14.2 Å². The molecule has 1 aliphatic heterocycles. The summed E-state index contributed by atoms with van der Waals surface area (Å²) in [5, 5.41) is 0. The molecule has 0 fully saturated rings.